The number of carbonyl (C=O) groups excluding carboxylic acids is 1. The summed E-state index contributed by atoms with van der Waals surface area (Å²) in [5.41, 5.74) is 4.11. The van der Waals surface area contributed by atoms with Crippen LogP contribution in [-0.2, 0) is 22.4 Å². The molecule has 6 rings (SSSR count). The molecule has 11 nitrogen and oxygen atoms in total. The second kappa shape index (κ2) is 16.4. The quantitative estimate of drug-likeness (QED) is 0.106. The number of carboxylic acid groups (broad SMARTS) is 1. The van der Waals surface area contributed by atoms with E-state index in [9.17, 15) is 14.7 Å². The van der Waals surface area contributed by atoms with Crippen LogP contribution < -0.4 is 10.6 Å². The molecule has 50 heavy (non-hydrogen) atoms. The number of carbonyl (C=O) groups is 2. The van der Waals surface area contributed by atoms with E-state index in [0.29, 0.717) is 49.8 Å². The first-order valence-electron chi connectivity index (χ1n) is 16.5. The number of hydrogen-bond acceptors (Lipinski definition) is 10. The van der Waals surface area contributed by atoms with Gasteiger partial charge in [-0.1, -0.05) is 78.9 Å². The number of morpholine rings is 1. The number of nitrogens with zero attached hydrogens (tertiary/aromatic N) is 4. The van der Waals surface area contributed by atoms with E-state index in [1.165, 1.54) is 7.05 Å². The van der Waals surface area contributed by atoms with Crippen LogP contribution in [0.1, 0.15) is 56.8 Å². The lowest BCUT2D eigenvalue weighted by molar-refractivity contribution is -0.120. The lowest BCUT2D eigenvalue weighted by atomic mass is 9.84. The van der Waals surface area contributed by atoms with Crippen molar-refractivity contribution in [1.82, 2.24) is 25.4 Å². The Balaban J connectivity index is 1.13. The largest absolute Gasteiger partial charge is 0.465 e. The van der Waals surface area contributed by atoms with Gasteiger partial charge in [0.15, 0.2) is 0 Å². The summed E-state index contributed by atoms with van der Waals surface area (Å²) in [6.45, 7) is 3.20. The maximum Gasteiger partial charge on any atom is 0.407 e. The van der Waals surface area contributed by atoms with Crippen molar-refractivity contribution in [3.8, 4) is 0 Å². The third kappa shape index (κ3) is 8.59. The van der Waals surface area contributed by atoms with Crippen molar-refractivity contribution in [2.45, 2.75) is 55.6 Å². The van der Waals surface area contributed by atoms with E-state index >= 15 is 0 Å². The number of likely N-dealkylation sites (N-methyl/N-ethyl adjacent to an activating group) is 1. The van der Waals surface area contributed by atoms with Crippen LogP contribution in [-0.4, -0.2) is 75.6 Å². The summed E-state index contributed by atoms with van der Waals surface area (Å²) in [6, 6.07) is 25.6. The molecule has 0 radical (unpaired) electrons. The molecule has 1 aliphatic rings. The Morgan fingerprint density at radius 2 is 1.70 bits per heavy atom. The molecule has 0 aliphatic carbocycles. The average Bonchev–Trinajstić information content (AvgIpc) is 3.78. The number of benzene rings is 3. The third-order valence-corrected chi connectivity index (χ3v) is 10.2. The van der Waals surface area contributed by atoms with Gasteiger partial charge in [0.2, 0.25) is 17.7 Å². The first-order chi connectivity index (χ1) is 24.3. The molecular formula is C37H40N6O5S2. The number of ether oxygens (including phenoxy) is 1. The third-order valence-electron chi connectivity index (χ3n) is 8.80. The van der Waals surface area contributed by atoms with Crippen LogP contribution in [0.4, 0.5) is 10.5 Å². The van der Waals surface area contributed by atoms with Gasteiger partial charge in [-0.15, -0.1) is 21.5 Å². The fourth-order valence-electron chi connectivity index (χ4n) is 6.28. The molecule has 0 saturated carbocycles. The lowest BCUT2D eigenvalue weighted by Gasteiger charge is -2.33. The zero-order valence-electron chi connectivity index (χ0n) is 27.8. The highest BCUT2D eigenvalue weighted by Gasteiger charge is 2.37. The number of rotatable bonds is 13. The molecule has 2 aromatic heterocycles. The number of amides is 2. The van der Waals surface area contributed by atoms with Crippen LogP contribution in [0.3, 0.4) is 0 Å². The molecule has 13 heteroatoms. The minimum Gasteiger partial charge on any atom is -0.465 e. The number of hydrogen-bond donors (Lipinski definition) is 4. The van der Waals surface area contributed by atoms with Crippen molar-refractivity contribution in [3.63, 3.8) is 0 Å². The number of aromatic nitrogens is 3. The normalized spacial score (nSPS) is 17.3. The van der Waals surface area contributed by atoms with Gasteiger partial charge in [-0.2, -0.15) is 12.6 Å². The van der Waals surface area contributed by atoms with Crippen molar-refractivity contribution >= 4 is 41.7 Å². The summed E-state index contributed by atoms with van der Waals surface area (Å²) < 4.78 is 12.4. The lowest BCUT2D eigenvalue weighted by Crippen LogP contribution is -2.48. The van der Waals surface area contributed by atoms with Gasteiger partial charge in [0.1, 0.15) is 11.3 Å². The van der Waals surface area contributed by atoms with Crippen molar-refractivity contribution in [1.29, 1.82) is 0 Å². The Labute approximate surface area is 300 Å². The molecule has 5 aromatic rings. The maximum absolute atomic E-state index is 14.2. The van der Waals surface area contributed by atoms with E-state index in [-0.39, 0.29) is 12.2 Å². The highest BCUT2D eigenvalue weighted by Crippen LogP contribution is 2.33. The van der Waals surface area contributed by atoms with Crippen molar-refractivity contribution in [3.05, 3.63) is 129 Å². The van der Waals surface area contributed by atoms with E-state index in [1.807, 2.05) is 97.2 Å². The number of nitrogens with one attached hydrogen (secondary N) is 2. The van der Waals surface area contributed by atoms with Crippen LogP contribution in [0.5, 0.6) is 0 Å². The van der Waals surface area contributed by atoms with Gasteiger partial charge in [-0.05, 0) is 42.5 Å². The standard InChI is InChI=1S/C37H40N6O5S2/c1-23-39-27(22-50-23)19-31-41-42-36(48-31)34(49)30-21-38-20-28(47-30)18-17-24-11-9-10-16-29(24)40-35(44)33(43(2)37(45)46)32(25-12-5-3-6-13-25)26-14-7-4-8-15-26/h3-16,22,28,30,32-34,38,49H,17-21H2,1-2H3,(H,40,44)(H,45,46)/t28-,30+,33+,34?/m1/s1. The molecule has 3 heterocycles. The molecule has 0 spiro atoms. The summed E-state index contributed by atoms with van der Waals surface area (Å²) in [7, 11) is 1.44. The van der Waals surface area contributed by atoms with E-state index in [2.05, 4.69) is 25.8 Å². The summed E-state index contributed by atoms with van der Waals surface area (Å²) in [5.74, 6) is -0.0673. The molecule has 3 aromatic carbocycles. The highest BCUT2D eigenvalue weighted by molar-refractivity contribution is 7.80. The van der Waals surface area contributed by atoms with E-state index in [0.717, 1.165) is 32.3 Å². The fraction of sp³-hybridized carbons (Fsp3) is 0.324. The van der Waals surface area contributed by atoms with Crippen molar-refractivity contribution in [2.75, 3.05) is 25.5 Å². The van der Waals surface area contributed by atoms with Crippen LogP contribution >= 0.6 is 24.0 Å². The Bertz CT molecular complexity index is 1830. The summed E-state index contributed by atoms with van der Waals surface area (Å²) in [4.78, 5) is 32.1. The second-order valence-electron chi connectivity index (χ2n) is 12.3. The fourth-order valence-corrected chi connectivity index (χ4v) is 7.17. The predicted molar refractivity (Wildman–Crippen MR) is 195 cm³/mol. The Hall–Kier alpha value is -4.56. The maximum atomic E-state index is 14.2. The Kier molecular flexibility index (Phi) is 11.6. The summed E-state index contributed by atoms with van der Waals surface area (Å²) >= 11 is 6.37. The number of aryl methyl sites for hydroxylation is 2. The van der Waals surface area contributed by atoms with Crippen LogP contribution in [0.15, 0.2) is 94.7 Å². The number of anilines is 1. The molecule has 1 unspecified atom stereocenters. The number of thiazole rings is 1. The first-order valence-corrected chi connectivity index (χ1v) is 17.9. The van der Waals surface area contributed by atoms with Crippen LogP contribution in [0, 0.1) is 6.92 Å². The van der Waals surface area contributed by atoms with Gasteiger partial charge < -0.3 is 24.9 Å². The highest BCUT2D eigenvalue weighted by atomic mass is 32.1. The molecular weight excluding hydrogens is 673 g/mol. The van der Waals surface area contributed by atoms with Crippen molar-refractivity contribution < 1.29 is 23.8 Å². The zero-order chi connectivity index (χ0) is 35.0. The molecule has 260 valence electrons. The topological polar surface area (TPSA) is 143 Å². The molecule has 1 fully saturated rings. The van der Waals surface area contributed by atoms with E-state index < -0.39 is 29.2 Å². The summed E-state index contributed by atoms with van der Waals surface area (Å²) in [6.07, 6.45) is 0.142. The van der Waals surface area contributed by atoms with Crippen molar-refractivity contribution in [2.24, 2.45) is 0 Å². The van der Waals surface area contributed by atoms with Gasteiger partial charge in [-0.3, -0.25) is 9.69 Å². The van der Waals surface area contributed by atoms with E-state index in [1.54, 1.807) is 11.3 Å². The Morgan fingerprint density at radius 3 is 2.36 bits per heavy atom. The minimum absolute atomic E-state index is 0.126. The SMILES string of the molecule is Cc1nc(Cc2nnc(C(S)[C@@H]3CNC[C@@H](CCc4ccccc4NC(=O)[C@H](C(c4ccccc4)c4ccccc4)N(C)C(=O)O)O3)o2)cs1. The van der Waals surface area contributed by atoms with Gasteiger partial charge >= 0.3 is 6.09 Å². The average molecular weight is 713 g/mol. The van der Waals surface area contributed by atoms with Gasteiger partial charge in [0, 0.05) is 37.1 Å². The second-order valence-corrected chi connectivity index (χ2v) is 13.9. The molecule has 3 N–H and O–H groups in total. The summed E-state index contributed by atoms with van der Waals surface area (Å²) in [5, 5.41) is 27.6. The molecule has 0 bridgehead atoms. The molecule has 2 amide bonds. The molecule has 1 saturated heterocycles. The van der Waals surface area contributed by atoms with Gasteiger partial charge in [0.25, 0.3) is 0 Å². The molecule has 1 aliphatic heterocycles. The van der Waals surface area contributed by atoms with Gasteiger partial charge in [0.05, 0.1) is 29.3 Å². The Morgan fingerprint density at radius 1 is 1.02 bits per heavy atom. The zero-order valence-corrected chi connectivity index (χ0v) is 29.5. The monoisotopic (exact) mass is 712 g/mol. The van der Waals surface area contributed by atoms with Gasteiger partial charge in [-0.25, -0.2) is 9.78 Å². The van der Waals surface area contributed by atoms with Crippen LogP contribution in [0.2, 0.25) is 0 Å². The molecule has 4 atom stereocenters. The predicted octanol–water partition coefficient (Wildman–Crippen LogP) is 6.14. The smallest absolute Gasteiger partial charge is 0.407 e. The van der Waals surface area contributed by atoms with Crippen LogP contribution in [0.25, 0.3) is 0 Å². The first kappa shape index (κ1) is 35.3. The number of para-hydroxylation sites is 1. The minimum atomic E-state index is -1.19. The number of thiol groups is 1. The van der Waals surface area contributed by atoms with E-state index in [4.69, 9.17) is 21.8 Å².